The molecular formula is C13H17N3S. The van der Waals surface area contributed by atoms with Crippen molar-refractivity contribution in [3.63, 3.8) is 0 Å². The minimum Gasteiger partial charge on any atom is -0.317 e. The van der Waals surface area contributed by atoms with Crippen molar-refractivity contribution < 1.29 is 0 Å². The van der Waals surface area contributed by atoms with Gasteiger partial charge in [-0.2, -0.15) is 0 Å². The van der Waals surface area contributed by atoms with E-state index in [-0.39, 0.29) is 0 Å². The van der Waals surface area contributed by atoms with Crippen LogP contribution in [0.1, 0.15) is 12.8 Å². The maximum Gasteiger partial charge on any atom is 0.182 e. The molecule has 0 saturated carbocycles. The van der Waals surface area contributed by atoms with E-state index in [9.17, 15) is 0 Å². The molecule has 2 aromatic rings. The number of para-hydroxylation sites is 1. The summed E-state index contributed by atoms with van der Waals surface area (Å²) < 4.78 is 3.40. The molecule has 1 saturated heterocycles. The standard InChI is InChI=1S/C13H17N3S/c14-13-16(9-10-5-7-15-8-6-10)11-3-1-2-4-12(11)17-13/h1-4,10,14-15H,5-9H2. The topological polar surface area (TPSA) is 40.8 Å². The summed E-state index contributed by atoms with van der Waals surface area (Å²) in [5.41, 5.74) is 1.22. The van der Waals surface area contributed by atoms with Gasteiger partial charge in [-0.05, 0) is 44.0 Å². The van der Waals surface area contributed by atoms with Crippen LogP contribution in [0.3, 0.4) is 0 Å². The van der Waals surface area contributed by atoms with E-state index in [1.807, 2.05) is 6.07 Å². The average molecular weight is 247 g/mol. The Morgan fingerprint density at radius 2 is 2.06 bits per heavy atom. The zero-order chi connectivity index (χ0) is 11.7. The van der Waals surface area contributed by atoms with Crippen LogP contribution in [0.15, 0.2) is 24.3 Å². The van der Waals surface area contributed by atoms with Crippen LogP contribution in [0.2, 0.25) is 0 Å². The van der Waals surface area contributed by atoms with E-state index in [0.717, 1.165) is 25.6 Å². The number of rotatable bonds is 2. The first-order valence-electron chi connectivity index (χ1n) is 6.18. The molecule has 0 radical (unpaired) electrons. The molecule has 1 aliphatic heterocycles. The highest BCUT2D eigenvalue weighted by atomic mass is 32.1. The quantitative estimate of drug-likeness (QED) is 0.839. The van der Waals surface area contributed by atoms with Gasteiger partial charge in [-0.15, -0.1) is 0 Å². The molecule has 0 aliphatic carbocycles. The number of hydrogen-bond donors (Lipinski definition) is 2. The molecule has 3 nitrogen and oxygen atoms in total. The molecule has 17 heavy (non-hydrogen) atoms. The van der Waals surface area contributed by atoms with Crippen LogP contribution in [-0.4, -0.2) is 17.7 Å². The van der Waals surface area contributed by atoms with Crippen LogP contribution in [-0.2, 0) is 6.54 Å². The Morgan fingerprint density at radius 3 is 2.88 bits per heavy atom. The van der Waals surface area contributed by atoms with Gasteiger partial charge >= 0.3 is 0 Å². The lowest BCUT2D eigenvalue weighted by Crippen LogP contribution is -2.31. The summed E-state index contributed by atoms with van der Waals surface area (Å²) in [6, 6.07) is 8.35. The van der Waals surface area contributed by atoms with Crippen molar-refractivity contribution >= 4 is 21.6 Å². The van der Waals surface area contributed by atoms with E-state index in [1.165, 1.54) is 23.1 Å². The van der Waals surface area contributed by atoms with Crippen molar-refractivity contribution in [3.05, 3.63) is 29.1 Å². The molecule has 0 bridgehead atoms. The van der Waals surface area contributed by atoms with Gasteiger partial charge in [0.05, 0.1) is 10.2 Å². The van der Waals surface area contributed by atoms with Gasteiger partial charge in [0.2, 0.25) is 0 Å². The third kappa shape index (κ3) is 2.15. The predicted octanol–water partition coefficient (Wildman–Crippen LogP) is 2.18. The van der Waals surface area contributed by atoms with Crippen molar-refractivity contribution in [1.82, 2.24) is 9.88 Å². The molecule has 0 unspecified atom stereocenters. The van der Waals surface area contributed by atoms with E-state index in [2.05, 4.69) is 28.1 Å². The first-order chi connectivity index (χ1) is 8.34. The second-order valence-electron chi connectivity index (χ2n) is 4.68. The van der Waals surface area contributed by atoms with Crippen LogP contribution in [0.4, 0.5) is 0 Å². The molecule has 1 fully saturated rings. The first kappa shape index (κ1) is 11.0. The van der Waals surface area contributed by atoms with E-state index in [4.69, 9.17) is 5.41 Å². The molecule has 2 heterocycles. The van der Waals surface area contributed by atoms with Gasteiger partial charge in [-0.25, -0.2) is 0 Å². The Kier molecular flexibility index (Phi) is 2.99. The van der Waals surface area contributed by atoms with Gasteiger partial charge in [0.15, 0.2) is 4.80 Å². The van der Waals surface area contributed by atoms with Crippen LogP contribution >= 0.6 is 11.3 Å². The number of benzene rings is 1. The van der Waals surface area contributed by atoms with Crippen molar-refractivity contribution in [3.8, 4) is 0 Å². The largest absolute Gasteiger partial charge is 0.317 e. The molecule has 1 aliphatic rings. The molecule has 2 N–H and O–H groups in total. The summed E-state index contributed by atoms with van der Waals surface area (Å²) in [5, 5.41) is 11.5. The smallest absolute Gasteiger partial charge is 0.182 e. The van der Waals surface area contributed by atoms with Gasteiger partial charge in [-0.1, -0.05) is 23.5 Å². The fourth-order valence-electron chi connectivity index (χ4n) is 2.54. The number of aromatic nitrogens is 1. The number of fused-ring (bicyclic) bond motifs is 1. The van der Waals surface area contributed by atoms with Crippen molar-refractivity contribution in [2.24, 2.45) is 5.92 Å². The zero-order valence-corrected chi connectivity index (χ0v) is 10.6. The highest BCUT2D eigenvalue weighted by molar-refractivity contribution is 7.16. The lowest BCUT2D eigenvalue weighted by atomic mass is 9.98. The predicted molar refractivity (Wildman–Crippen MR) is 71.3 cm³/mol. The maximum atomic E-state index is 8.08. The third-order valence-corrected chi connectivity index (χ3v) is 4.49. The van der Waals surface area contributed by atoms with E-state index < -0.39 is 0 Å². The Hall–Kier alpha value is -1.13. The lowest BCUT2D eigenvalue weighted by Gasteiger charge is -2.23. The number of piperidine rings is 1. The molecule has 0 atom stereocenters. The van der Waals surface area contributed by atoms with Crippen molar-refractivity contribution in [2.45, 2.75) is 19.4 Å². The van der Waals surface area contributed by atoms with E-state index >= 15 is 0 Å². The summed E-state index contributed by atoms with van der Waals surface area (Å²) in [7, 11) is 0. The third-order valence-electron chi connectivity index (χ3n) is 3.51. The van der Waals surface area contributed by atoms with Crippen molar-refractivity contribution in [2.75, 3.05) is 13.1 Å². The highest BCUT2D eigenvalue weighted by Crippen LogP contribution is 2.20. The van der Waals surface area contributed by atoms with E-state index in [1.54, 1.807) is 11.3 Å². The summed E-state index contributed by atoms with van der Waals surface area (Å²) in [4.78, 5) is 0.685. The molecule has 1 aromatic carbocycles. The fraction of sp³-hybridized carbons (Fsp3) is 0.462. The second-order valence-corrected chi connectivity index (χ2v) is 5.71. The molecule has 0 spiro atoms. The van der Waals surface area contributed by atoms with Crippen LogP contribution in [0, 0.1) is 11.3 Å². The molecule has 0 amide bonds. The van der Waals surface area contributed by atoms with Crippen LogP contribution in [0.25, 0.3) is 10.2 Å². The van der Waals surface area contributed by atoms with Gasteiger partial charge in [-0.3, -0.25) is 5.41 Å². The minimum atomic E-state index is 0.685. The van der Waals surface area contributed by atoms with Gasteiger partial charge in [0.1, 0.15) is 0 Å². The van der Waals surface area contributed by atoms with Gasteiger partial charge < -0.3 is 9.88 Å². The van der Waals surface area contributed by atoms with Crippen LogP contribution < -0.4 is 10.1 Å². The summed E-state index contributed by atoms with van der Waals surface area (Å²) in [6.45, 7) is 3.26. The Labute approximate surface area is 105 Å². The van der Waals surface area contributed by atoms with Gasteiger partial charge in [0.25, 0.3) is 0 Å². The number of nitrogens with one attached hydrogen (secondary N) is 2. The minimum absolute atomic E-state index is 0.685. The molecule has 1 aromatic heterocycles. The first-order valence-corrected chi connectivity index (χ1v) is 7.00. The normalized spacial score (nSPS) is 17.6. The number of thiazole rings is 1. The fourth-order valence-corrected chi connectivity index (χ4v) is 3.46. The average Bonchev–Trinajstić information content (AvgIpc) is 2.68. The highest BCUT2D eigenvalue weighted by Gasteiger charge is 2.15. The van der Waals surface area contributed by atoms with Gasteiger partial charge in [0, 0.05) is 6.54 Å². The second kappa shape index (κ2) is 4.63. The number of hydrogen-bond acceptors (Lipinski definition) is 3. The Bertz CT molecular complexity index is 563. The molecule has 90 valence electrons. The van der Waals surface area contributed by atoms with E-state index in [0.29, 0.717) is 4.80 Å². The Balaban J connectivity index is 1.93. The monoisotopic (exact) mass is 247 g/mol. The van der Waals surface area contributed by atoms with Crippen molar-refractivity contribution in [1.29, 1.82) is 5.41 Å². The summed E-state index contributed by atoms with van der Waals surface area (Å²) in [6.07, 6.45) is 2.47. The summed E-state index contributed by atoms with van der Waals surface area (Å²) >= 11 is 1.58. The maximum absolute atomic E-state index is 8.08. The zero-order valence-electron chi connectivity index (χ0n) is 9.78. The number of nitrogens with zero attached hydrogens (tertiary/aromatic N) is 1. The molecule has 4 heteroatoms. The molecular weight excluding hydrogens is 230 g/mol. The summed E-state index contributed by atoms with van der Waals surface area (Å²) in [5.74, 6) is 0.725. The lowest BCUT2D eigenvalue weighted by molar-refractivity contribution is 0.334. The Morgan fingerprint density at radius 1 is 1.29 bits per heavy atom. The van der Waals surface area contributed by atoms with Crippen LogP contribution in [0.5, 0.6) is 0 Å². The SMILES string of the molecule is N=c1sc2ccccc2n1CC1CCNCC1. The molecule has 3 rings (SSSR count).